The van der Waals surface area contributed by atoms with Crippen molar-refractivity contribution in [3.8, 4) is 0 Å². The average molecular weight is 753 g/mol. The second-order valence-electron chi connectivity index (χ2n) is 11.6. The predicted octanol–water partition coefficient (Wildman–Crippen LogP) is 10.2. The Hall–Kier alpha value is -2.34. The van der Waals surface area contributed by atoms with E-state index in [0.29, 0.717) is 12.8 Å². The van der Waals surface area contributed by atoms with Crippen LogP contribution in [0.2, 0.25) is 29.4 Å². The second-order valence-corrected chi connectivity index (χ2v) is 22.5. The monoisotopic (exact) mass is 752 g/mol. The third-order valence-corrected chi connectivity index (χ3v) is 21.3. The molecule has 1 atom stereocenters. The minimum absolute atomic E-state index is 0.109. The van der Waals surface area contributed by atoms with Crippen molar-refractivity contribution in [1.82, 2.24) is 0 Å². The summed E-state index contributed by atoms with van der Waals surface area (Å²) in [5.74, 6) is -31.6. The summed E-state index contributed by atoms with van der Waals surface area (Å²) >= 11 is -6.75. The molecule has 0 aromatic heterocycles. The van der Waals surface area contributed by atoms with E-state index in [1.54, 1.807) is 0 Å². The molecule has 256 valence electrons. The molecule has 15 heteroatoms. The Kier molecular flexibility index (Phi) is 12.6. The van der Waals surface area contributed by atoms with Crippen LogP contribution in [0.5, 0.6) is 0 Å². The maximum absolute atomic E-state index is 15.8. The molecule has 0 bridgehead atoms. The number of benzene rings is 3. The van der Waals surface area contributed by atoms with Gasteiger partial charge < -0.3 is 0 Å². The molecule has 0 heterocycles. The van der Waals surface area contributed by atoms with Crippen LogP contribution in [-0.4, -0.2) is 21.6 Å². The fourth-order valence-corrected chi connectivity index (χ4v) is 18.6. The van der Waals surface area contributed by atoms with Gasteiger partial charge in [0.05, 0.1) is 0 Å². The van der Waals surface area contributed by atoms with Gasteiger partial charge in [-0.05, 0) is 0 Å². The van der Waals surface area contributed by atoms with Crippen LogP contribution in [0.4, 0.5) is 52.7 Å². The van der Waals surface area contributed by atoms with Crippen LogP contribution in [0.15, 0.2) is 0 Å². The van der Waals surface area contributed by atoms with Crippen molar-refractivity contribution in [3.05, 3.63) is 69.8 Å². The molecule has 1 unspecified atom stereocenters. The second kappa shape index (κ2) is 15.3. The Bertz CT molecular complexity index is 1620. The Morgan fingerprint density at radius 1 is 0.413 bits per heavy atom. The van der Waals surface area contributed by atoms with Crippen molar-refractivity contribution in [3.63, 3.8) is 0 Å². The summed E-state index contributed by atoms with van der Waals surface area (Å²) in [6, 6.07) is 4.22. The zero-order chi connectivity index (χ0) is 34.7. The van der Waals surface area contributed by atoms with E-state index in [4.69, 9.17) is 0 Å². The predicted molar refractivity (Wildman–Crippen MR) is 155 cm³/mol. The van der Waals surface area contributed by atoms with Crippen LogP contribution in [0.1, 0.15) is 65.7 Å². The first-order valence-electron chi connectivity index (χ1n) is 15.0. The van der Waals surface area contributed by atoms with Crippen LogP contribution >= 0.6 is 0 Å². The van der Waals surface area contributed by atoms with Gasteiger partial charge >= 0.3 is 262 Å². The van der Waals surface area contributed by atoms with E-state index in [2.05, 4.69) is 20.8 Å². The Balaban J connectivity index is 2.15. The average Bonchev–Trinajstić information content (AvgIpc) is 3.00. The molecule has 0 spiro atoms. The van der Waals surface area contributed by atoms with E-state index in [1.807, 2.05) is 0 Å². The molecule has 3 aromatic carbocycles. The van der Waals surface area contributed by atoms with Crippen molar-refractivity contribution in [2.45, 2.75) is 95.1 Å². The molecule has 1 nitrogen and oxygen atoms in total. The van der Waals surface area contributed by atoms with Gasteiger partial charge in [0.25, 0.3) is 0 Å². The fraction of sp³-hybridized carbons (Fsp3) is 0.484. The topological polar surface area (TPSA) is 17.1 Å². The zero-order valence-electron chi connectivity index (χ0n) is 25.4. The Labute approximate surface area is 262 Å². The molecule has 0 amide bonds. The maximum atomic E-state index is 15.8. The molecular weight excluding hydrogens is 719 g/mol. The third-order valence-electron chi connectivity index (χ3n) is 8.49. The van der Waals surface area contributed by atoms with Gasteiger partial charge in [-0.15, -0.1) is 0 Å². The number of unbranched alkanes of at least 4 members (excludes halogenated alkanes) is 3. The van der Waals surface area contributed by atoms with Crippen LogP contribution in [-0.2, 0) is 3.74 Å². The molecule has 0 aliphatic rings. The van der Waals surface area contributed by atoms with Gasteiger partial charge in [-0.25, -0.2) is 0 Å². The van der Waals surface area contributed by atoms with Gasteiger partial charge in [-0.3, -0.25) is 0 Å². The van der Waals surface area contributed by atoms with Crippen molar-refractivity contribution in [2.24, 2.45) is 0 Å². The summed E-state index contributed by atoms with van der Waals surface area (Å²) in [6.07, 6.45) is 3.85. The van der Waals surface area contributed by atoms with Crippen LogP contribution < -0.4 is 8.70 Å². The summed E-state index contributed by atoms with van der Waals surface area (Å²) in [7, 11) is -1.63. The van der Waals surface area contributed by atoms with Gasteiger partial charge in [-0.1, -0.05) is 0 Å². The first-order valence-corrected chi connectivity index (χ1v) is 21.8. The molecule has 0 aliphatic heterocycles. The van der Waals surface area contributed by atoms with Gasteiger partial charge in [0, 0.05) is 0 Å². The Morgan fingerprint density at radius 3 is 1.20 bits per heavy atom. The molecule has 0 aliphatic carbocycles. The van der Waals surface area contributed by atoms with Crippen molar-refractivity contribution >= 4 is 41.0 Å². The normalized spacial score (nSPS) is 13.5. The van der Waals surface area contributed by atoms with E-state index in [9.17, 15) is 34.5 Å². The van der Waals surface area contributed by atoms with Gasteiger partial charge in [0.1, 0.15) is 0 Å². The van der Waals surface area contributed by atoms with E-state index in [-0.39, 0.29) is 12.8 Å². The van der Waals surface area contributed by atoms with Crippen LogP contribution in [0.25, 0.3) is 10.8 Å². The van der Waals surface area contributed by atoms with Gasteiger partial charge in [-0.2, -0.15) is 0 Å². The van der Waals surface area contributed by atoms with Crippen LogP contribution in [0, 0.1) is 69.8 Å². The zero-order valence-corrected chi connectivity index (χ0v) is 28.3. The number of halogens is 12. The molecule has 46 heavy (non-hydrogen) atoms. The van der Waals surface area contributed by atoms with Gasteiger partial charge in [0.15, 0.2) is 0 Å². The summed E-state index contributed by atoms with van der Waals surface area (Å²) in [4.78, 5) is 0. The minimum atomic E-state index is -6.75. The number of hydrogen-bond acceptors (Lipinski definition) is 1. The molecular formula is C31H33AsF12OSi. The molecule has 0 N–H and O–H groups in total. The fourth-order valence-electron chi connectivity index (χ4n) is 6.56. The first kappa shape index (κ1) is 38.1. The molecule has 0 radical (unpaired) electrons. The van der Waals surface area contributed by atoms with Crippen molar-refractivity contribution in [2.75, 3.05) is 0 Å². The van der Waals surface area contributed by atoms with Crippen LogP contribution in [0.3, 0.4) is 0 Å². The summed E-state index contributed by atoms with van der Waals surface area (Å²) in [5, 5.41) is -5.29. The number of fused-ring (bicyclic) bond motifs is 1. The van der Waals surface area contributed by atoms with Crippen molar-refractivity contribution in [1.29, 1.82) is 0 Å². The Morgan fingerprint density at radius 2 is 0.739 bits per heavy atom. The first-order chi connectivity index (χ1) is 21.6. The standard InChI is InChI=1S/C31H33AsF12OSi/c1-4-12-46(13-5-2,14-6-3)15-10-8-7-9-11-32(45,19-25(38)29(42)31(44)30(43)26(19)39)18-20(33)16-17(21(34)24(18)37)23(36)28(41)27(40)22(16)35/h4-15H2,1-3H3. The molecule has 0 saturated carbocycles. The van der Waals surface area contributed by atoms with E-state index < -0.39 is 116 Å². The van der Waals surface area contributed by atoms with Crippen molar-refractivity contribution < 1.29 is 56.4 Å². The van der Waals surface area contributed by atoms with E-state index in [0.717, 1.165) is 43.4 Å². The molecule has 3 aromatic rings. The van der Waals surface area contributed by atoms with E-state index in [1.165, 1.54) is 0 Å². The van der Waals surface area contributed by atoms with E-state index >= 15 is 22.0 Å². The SMILES string of the molecule is CCC[Si](CCC)(CCC)CCCCCC[As](=O)(c1c(F)c(F)c(F)c(F)c1F)c1c(F)c(F)c2c(F)c(F)c(F)c(F)c2c1F. The summed E-state index contributed by atoms with van der Waals surface area (Å²) < 4.78 is 186. The summed E-state index contributed by atoms with van der Waals surface area (Å²) in [5.41, 5.74) is 0. The third kappa shape index (κ3) is 6.80. The molecule has 3 rings (SSSR count). The summed E-state index contributed by atoms with van der Waals surface area (Å²) in [6.45, 7) is 6.26. The quantitative estimate of drug-likeness (QED) is 0.0497. The molecule has 0 fully saturated rings. The molecule has 0 saturated heterocycles. The van der Waals surface area contributed by atoms with Gasteiger partial charge in [0.2, 0.25) is 0 Å². The number of hydrogen-bond donors (Lipinski definition) is 0. The number of rotatable bonds is 15.